The fourth-order valence-electron chi connectivity index (χ4n) is 1.14. The highest BCUT2D eigenvalue weighted by Gasteiger charge is 2.11. The largest absolute Gasteiger partial charge is 0.490 e. The van der Waals surface area contributed by atoms with E-state index in [4.69, 9.17) is 16.3 Å². The Bertz CT molecular complexity index is 345. The highest BCUT2D eigenvalue weighted by molar-refractivity contribution is 6.68. The monoisotopic (exact) mass is 212 g/mol. The summed E-state index contributed by atoms with van der Waals surface area (Å²) in [6, 6.07) is 5.33. The van der Waals surface area contributed by atoms with Crippen molar-refractivity contribution in [1.29, 1.82) is 0 Å². The molecule has 0 N–H and O–H groups in total. The number of ether oxygens (including phenoxy) is 1. The standard InChI is InChI=1S/C11H13ClO2/c1-7(2)14-10-6-8(3)4-5-9(10)11(12)13/h4-7H,1-3H3. The van der Waals surface area contributed by atoms with Gasteiger partial charge in [-0.25, -0.2) is 0 Å². The molecule has 76 valence electrons. The number of halogens is 1. The summed E-state index contributed by atoms with van der Waals surface area (Å²) >= 11 is 5.43. The fraction of sp³-hybridized carbons (Fsp3) is 0.364. The molecule has 0 amide bonds. The van der Waals surface area contributed by atoms with E-state index in [9.17, 15) is 4.79 Å². The van der Waals surface area contributed by atoms with Crippen LogP contribution in [0.2, 0.25) is 0 Å². The molecule has 0 unspecified atom stereocenters. The third kappa shape index (κ3) is 2.74. The lowest BCUT2D eigenvalue weighted by atomic mass is 10.1. The molecule has 0 aliphatic heterocycles. The minimum atomic E-state index is -0.486. The Balaban J connectivity index is 3.09. The van der Waals surface area contributed by atoms with Crippen LogP contribution in [0.3, 0.4) is 0 Å². The summed E-state index contributed by atoms with van der Waals surface area (Å²) in [6.45, 7) is 5.76. The van der Waals surface area contributed by atoms with Gasteiger partial charge < -0.3 is 4.74 Å². The van der Waals surface area contributed by atoms with Gasteiger partial charge in [0.15, 0.2) is 0 Å². The first-order valence-corrected chi connectivity index (χ1v) is 4.85. The van der Waals surface area contributed by atoms with Crippen molar-refractivity contribution in [3.63, 3.8) is 0 Å². The number of hydrogen-bond donors (Lipinski definition) is 0. The maximum Gasteiger partial charge on any atom is 0.256 e. The van der Waals surface area contributed by atoms with Crippen molar-refractivity contribution in [2.45, 2.75) is 26.9 Å². The van der Waals surface area contributed by atoms with Crippen molar-refractivity contribution in [1.82, 2.24) is 0 Å². The van der Waals surface area contributed by atoms with Crippen LogP contribution in [-0.2, 0) is 0 Å². The zero-order valence-corrected chi connectivity index (χ0v) is 9.26. The van der Waals surface area contributed by atoms with E-state index in [0.717, 1.165) is 5.56 Å². The topological polar surface area (TPSA) is 26.3 Å². The first-order valence-electron chi connectivity index (χ1n) is 4.48. The van der Waals surface area contributed by atoms with Crippen LogP contribution >= 0.6 is 11.6 Å². The minimum absolute atomic E-state index is 0.0339. The average molecular weight is 213 g/mol. The summed E-state index contributed by atoms with van der Waals surface area (Å²) in [5.74, 6) is 0.556. The molecular weight excluding hydrogens is 200 g/mol. The Morgan fingerprint density at radius 3 is 2.57 bits per heavy atom. The molecule has 0 fully saturated rings. The Morgan fingerprint density at radius 2 is 2.07 bits per heavy atom. The van der Waals surface area contributed by atoms with Crippen LogP contribution in [-0.4, -0.2) is 11.3 Å². The number of rotatable bonds is 3. The van der Waals surface area contributed by atoms with Gasteiger partial charge in [0, 0.05) is 0 Å². The van der Waals surface area contributed by atoms with Gasteiger partial charge in [0.05, 0.1) is 11.7 Å². The van der Waals surface area contributed by atoms with E-state index in [1.54, 1.807) is 6.07 Å². The van der Waals surface area contributed by atoms with Gasteiger partial charge in [-0.15, -0.1) is 0 Å². The van der Waals surface area contributed by atoms with E-state index >= 15 is 0 Å². The number of carbonyl (C=O) groups excluding carboxylic acids is 1. The van der Waals surface area contributed by atoms with E-state index in [-0.39, 0.29) is 6.10 Å². The average Bonchev–Trinajstić information content (AvgIpc) is 2.01. The Morgan fingerprint density at radius 1 is 1.43 bits per heavy atom. The van der Waals surface area contributed by atoms with E-state index in [0.29, 0.717) is 11.3 Å². The Labute approximate surface area is 88.8 Å². The van der Waals surface area contributed by atoms with Crippen LogP contribution in [0.5, 0.6) is 5.75 Å². The van der Waals surface area contributed by atoms with Crippen LogP contribution in [0.4, 0.5) is 0 Å². The number of hydrogen-bond acceptors (Lipinski definition) is 2. The van der Waals surface area contributed by atoms with Crippen LogP contribution < -0.4 is 4.74 Å². The second-order valence-electron chi connectivity index (χ2n) is 3.44. The maximum absolute atomic E-state index is 11.0. The summed E-state index contributed by atoms with van der Waals surface area (Å²) < 4.78 is 5.48. The number of carbonyl (C=O) groups is 1. The molecule has 1 aromatic carbocycles. The molecule has 3 heteroatoms. The fourth-order valence-corrected chi connectivity index (χ4v) is 1.30. The van der Waals surface area contributed by atoms with Gasteiger partial charge >= 0.3 is 0 Å². The van der Waals surface area contributed by atoms with Gasteiger partial charge in [-0.2, -0.15) is 0 Å². The second-order valence-corrected chi connectivity index (χ2v) is 3.78. The third-order valence-corrected chi connectivity index (χ3v) is 1.92. The van der Waals surface area contributed by atoms with Crippen LogP contribution in [0, 0.1) is 6.92 Å². The lowest BCUT2D eigenvalue weighted by Crippen LogP contribution is -2.08. The minimum Gasteiger partial charge on any atom is -0.490 e. The predicted octanol–water partition coefficient (Wildman–Crippen LogP) is 3.16. The molecule has 2 nitrogen and oxygen atoms in total. The van der Waals surface area contributed by atoms with Gasteiger partial charge in [0.1, 0.15) is 5.75 Å². The quantitative estimate of drug-likeness (QED) is 0.720. The molecule has 14 heavy (non-hydrogen) atoms. The normalized spacial score (nSPS) is 10.4. The van der Waals surface area contributed by atoms with Gasteiger partial charge in [0.2, 0.25) is 0 Å². The first-order chi connectivity index (χ1) is 6.50. The zero-order valence-electron chi connectivity index (χ0n) is 8.50. The lowest BCUT2D eigenvalue weighted by Gasteiger charge is -2.12. The summed E-state index contributed by atoms with van der Waals surface area (Å²) in [5.41, 5.74) is 1.47. The van der Waals surface area contributed by atoms with Crippen LogP contribution in [0.25, 0.3) is 0 Å². The van der Waals surface area contributed by atoms with Gasteiger partial charge in [-0.3, -0.25) is 4.79 Å². The molecule has 0 aromatic heterocycles. The highest BCUT2D eigenvalue weighted by atomic mass is 35.5. The third-order valence-electron chi connectivity index (χ3n) is 1.71. The van der Waals surface area contributed by atoms with E-state index < -0.39 is 5.24 Å². The highest BCUT2D eigenvalue weighted by Crippen LogP contribution is 2.23. The molecule has 0 aliphatic rings. The molecule has 1 rings (SSSR count). The van der Waals surface area contributed by atoms with Crippen LogP contribution in [0.15, 0.2) is 18.2 Å². The molecule has 0 radical (unpaired) electrons. The van der Waals surface area contributed by atoms with Gasteiger partial charge in [0.25, 0.3) is 5.24 Å². The molecule has 0 atom stereocenters. The van der Waals surface area contributed by atoms with Crippen LogP contribution in [0.1, 0.15) is 29.8 Å². The predicted molar refractivity (Wildman–Crippen MR) is 57.1 cm³/mol. The van der Waals surface area contributed by atoms with Gasteiger partial charge in [-0.05, 0) is 50.1 Å². The second kappa shape index (κ2) is 4.47. The van der Waals surface area contributed by atoms with Crippen molar-refractivity contribution in [3.8, 4) is 5.75 Å². The Hall–Kier alpha value is -1.02. The molecule has 0 saturated carbocycles. The first kappa shape index (κ1) is 11.1. The van der Waals surface area contributed by atoms with Crippen molar-refractivity contribution in [2.75, 3.05) is 0 Å². The van der Waals surface area contributed by atoms with Gasteiger partial charge in [-0.1, -0.05) is 6.07 Å². The molecule has 1 aromatic rings. The summed E-state index contributed by atoms with van der Waals surface area (Å²) in [4.78, 5) is 11.0. The SMILES string of the molecule is Cc1ccc(C(=O)Cl)c(OC(C)C)c1. The molecule has 0 saturated heterocycles. The summed E-state index contributed by atoms with van der Waals surface area (Å²) in [7, 11) is 0. The maximum atomic E-state index is 11.0. The molecule has 0 heterocycles. The number of aryl methyl sites for hydroxylation is 1. The molecule has 0 spiro atoms. The zero-order chi connectivity index (χ0) is 10.7. The molecule has 0 bridgehead atoms. The van der Waals surface area contributed by atoms with E-state index in [1.807, 2.05) is 32.9 Å². The van der Waals surface area contributed by atoms with E-state index in [2.05, 4.69) is 0 Å². The van der Waals surface area contributed by atoms with Crippen molar-refractivity contribution in [2.24, 2.45) is 0 Å². The number of benzene rings is 1. The lowest BCUT2D eigenvalue weighted by molar-refractivity contribution is 0.107. The summed E-state index contributed by atoms with van der Waals surface area (Å²) in [6.07, 6.45) is 0.0339. The molecular formula is C11H13ClO2. The van der Waals surface area contributed by atoms with Crippen molar-refractivity contribution >= 4 is 16.8 Å². The summed E-state index contributed by atoms with van der Waals surface area (Å²) in [5, 5.41) is -0.486. The molecule has 0 aliphatic carbocycles. The van der Waals surface area contributed by atoms with E-state index in [1.165, 1.54) is 0 Å². The van der Waals surface area contributed by atoms with Crippen molar-refractivity contribution in [3.05, 3.63) is 29.3 Å². The van der Waals surface area contributed by atoms with Crippen molar-refractivity contribution < 1.29 is 9.53 Å². The Kier molecular flexibility index (Phi) is 3.53. The smallest absolute Gasteiger partial charge is 0.256 e.